The van der Waals surface area contributed by atoms with Crippen molar-refractivity contribution in [1.29, 1.82) is 0 Å². The zero-order valence-corrected chi connectivity index (χ0v) is 17.3. The van der Waals surface area contributed by atoms with Crippen LogP contribution in [-0.4, -0.2) is 28.3 Å². The maximum absolute atomic E-state index is 12.8. The van der Waals surface area contributed by atoms with Crippen LogP contribution in [0.1, 0.15) is 18.2 Å². The van der Waals surface area contributed by atoms with Crippen LogP contribution in [0.3, 0.4) is 0 Å². The van der Waals surface area contributed by atoms with E-state index in [9.17, 15) is 4.79 Å². The van der Waals surface area contributed by atoms with Crippen molar-refractivity contribution in [3.63, 3.8) is 0 Å². The van der Waals surface area contributed by atoms with E-state index in [1.54, 1.807) is 18.0 Å². The molecule has 0 bridgehead atoms. The minimum Gasteiger partial charge on any atom is -0.493 e. The predicted molar refractivity (Wildman–Crippen MR) is 115 cm³/mol. The Morgan fingerprint density at radius 3 is 2.83 bits per heavy atom. The summed E-state index contributed by atoms with van der Waals surface area (Å²) in [5.41, 5.74) is 3.44. The van der Waals surface area contributed by atoms with E-state index in [2.05, 4.69) is 4.98 Å². The predicted octanol–water partition coefficient (Wildman–Crippen LogP) is 4.28. The van der Waals surface area contributed by atoms with Gasteiger partial charge in [0.25, 0.3) is 5.56 Å². The summed E-state index contributed by atoms with van der Waals surface area (Å²) in [6.07, 6.45) is 1.59. The van der Waals surface area contributed by atoms with Gasteiger partial charge in [-0.2, -0.15) is 0 Å². The van der Waals surface area contributed by atoms with E-state index in [1.807, 2.05) is 55.6 Å². The number of hydrogen-bond donors (Lipinski definition) is 0. The molecule has 4 rings (SSSR count). The van der Waals surface area contributed by atoms with Gasteiger partial charge in [0.1, 0.15) is 5.01 Å². The van der Waals surface area contributed by atoms with E-state index in [4.69, 9.17) is 14.5 Å². The second-order valence-corrected chi connectivity index (χ2v) is 7.45. The highest BCUT2D eigenvalue weighted by atomic mass is 32.1. The number of methoxy groups -OCH3 is 1. The van der Waals surface area contributed by atoms with Crippen LogP contribution < -0.4 is 15.0 Å². The van der Waals surface area contributed by atoms with Gasteiger partial charge in [0.15, 0.2) is 11.5 Å². The van der Waals surface area contributed by atoms with Crippen molar-refractivity contribution in [2.45, 2.75) is 20.4 Å². The van der Waals surface area contributed by atoms with E-state index in [1.165, 1.54) is 11.3 Å². The summed E-state index contributed by atoms with van der Waals surface area (Å²) in [6, 6.07) is 11.4. The smallest absolute Gasteiger partial charge is 0.261 e. The first-order valence-electron chi connectivity index (χ1n) is 9.31. The third-order valence-electron chi connectivity index (χ3n) is 4.65. The molecule has 29 heavy (non-hydrogen) atoms. The van der Waals surface area contributed by atoms with Gasteiger partial charge < -0.3 is 9.47 Å². The van der Waals surface area contributed by atoms with Crippen LogP contribution in [0.15, 0.2) is 52.9 Å². The summed E-state index contributed by atoms with van der Waals surface area (Å²) in [5.74, 6) is 1.38. The minimum absolute atomic E-state index is 0.0593. The molecule has 0 amide bonds. The van der Waals surface area contributed by atoms with Crippen LogP contribution in [0.25, 0.3) is 21.5 Å². The summed E-state index contributed by atoms with van der Waals surface area (Å²) in [4.78, 5) is 22.0. The molecule has 0 spiro atoms. The lowest BCUT2D eigenvalue weighted by molar-refractivity contribution is 0.311. The number of aromatic nitrogens is 3. The number of para-hydroxylation sites is 1. The van der Waals surface area contributed by atoms with E-state index in [0.717, 1.165) is 27.3 Å². The van der Waals surface area contributed by atoms with Crippen molar-refractivity contribution in [2.75, 3.05) is 13.7 Å². The molecule has 2 aromatic heterocycles. The van der Waals surface area contributed by atoms with Crippen LogP contribution in [-0.2, 0) is 6.54 Å². The van der Waals surface area contributed by atoms with Crippen LogP contribution in [0.2, 0.25) is 0 Å². The molecule has 0 aliphatic rings. The Kier molecular flexibility index (Phi) is 5.31. The van der Waals surface area contributed by atoms with Gasteiger partial charge in [0.05, 0.1) is 43.2 Å². The van der Waals surface area contributed by atoms with Gasteiger partial charge >= 0.3 is 0 Å². The van der Waals surface area contributed by atoms with Crippen molar-refractivity contribution in [2.24, 2.45) is 0 Å². The fourth-order valence-corrected chi connectivity index (χ4v) is 4.02. The average Bonchev–Trinajstić information content (AvgIpc) is 3.20. The van der Waals surface area contributed by atoms with Crippen molar-refractivity contribution in [3.05, 3.63) is 69.7 Å². The molecule has 0 aliphatic carbocycles. The van der Waals surface area contributed by atoms with Gasteiger partial charge in [-0.25, -0.2) is 9.97 Å². The molecular weight excluding hydrogens is 386 g/mol. The molecule has 0 saturated heterocycles. The zero-order valence-electron chi connectivity index (χ0n) is 16.5. The number of thiazole rings is 1. The first kappa shape index (κ1) is 19.1. The van der Waals surface area contributed by atoms with Crippen molar-refractivity contribution in [3.8, 4) is 22.1 Å². The number of ether oxygens (including phenoxy) is 2. The third kappa shape index (κ3) is 3.73. The molecule has 6 nitrogen and oxygen atoms in total. The molecule has 0 N–H and O–H groups in total. The highest BCUT2D eigenvalue weighted by Crippen LogP contribution is 2.33. The fourth-order valence-electron chi connectivity index (χ4n) is 3.21. The summed E-state index contributed by atoms with van der Waals surface area (Å²) in [5, 5.41) is 3.45. The zero-order chi connectivity index (χ0) is 20.4. The summed E-state index contributed by atoms with van der Waals surface area (Å²) in [6.45, 7) is 4.84. The molecule has 0 atom stereocenters. The molecule has 2 heterocycles. The van der Waals surface area contributed by atoms with E-state index < -0.39 is 0 Å². The van der Waals surface area contributed by atoms with Gasteiger partial charge in [-0.05, 0) is 43.7 Å². The Morgan fingerprint density at radius 1 is 1.17 bits per heavy atom. The lowest BCUT2D eigenvalue weighted by atomic mass is 10.1. The highest BCUT2D eigenvalue weighted by Gasteiger charge is 2.12. The highest BCUT2D eigenvalue weighted by molar-refractivity contribution is 7.13. The molecule has 0 unspecified atom stereocenters. The molecule has 0 radical (unpaired) electrons. The maximum atomic E-state index is 12.8. The van der Waals surface area contributed by atoms with Crippen molar-refractivity contribution >= 4 is 22.2 Å². The van der Waals surface area contributed by atoms with Gasteiger partial charge in [0.2, 0.25) is 0 Å². The van der Waals surface area contributed by atoms with Crippen LogP contribution >= 0.6 is 11.3 Å². The first-order chi connectivity index (χ1) is 14.1. The molecule has 0 fully saturated rings. The minimum atomic E-state index is -0.0593. The van der Waals surface area contributed by atoms with E-state index in [0.29, 0.717) is 30.0 Å². The molecule has 2 aromatic carbocycles. The first-order valence-corrected chi connectivity index (χ1v) is 10.2. The Morgan fingerprint density at radius 2 is 2.03 bits per heavy atom. The topological polar surface area (TPSA) is 66.2 Å². The Balaban J connectivity index is 1.63. The number of hydrogen-bond acceptors (Lipinski definition) is 6. The molecule has 7 heteroatoms. The normalized spacial score (nSPS) is 11.0. The fraction of sp³-hybridized carbons (Fsp3) is 0.227. The quantitative estimate of drug-likeness (QED) is 0.477. The van der Waals surface area contributed by atoms with Gasteiger partial charge in [0, 0.05) is 10.9 Å². The van der Waals surface area contributed by atoms with Crippen LogP contribution in [0.4, 0.5) is 0 Å². The molecule has 148 valence electrons. The number of benzene rings is 2. The monoisotopic (exact) mass is 407 g/mol. The lowest BCUT2D eigenvalue weighted by Crippen LogP contribution is -2.21. The Labute approximate surface area is 172 Å². The summed E-state index contributed by atoms with van der Waals surface area (Å²) >= 11 is 1.53. The van der Waals surface area contributed by atoms with E-state index in [-0.39, 0.29) is 5.56 Å². The summed E-state index contributed by atoms with van der Waals surface area (Å²) in [7, 11) is 1.62. The van der Waals surface area contributed by atoms with E-state index >= 15 is 0 Å². The lowest BCUT2D eigenvalue weighted by Gasteiger charge is -2.10. The van der Waals surface area contributed by atoms with Crippen molar-refractivity contribution in [1.82, 2.24) is 14.5 Å². The van der Waals surface area contributed by atoms with Gasteiger partial charge in [-0.3, -0.25) is 9.36 Å². The SMILES string of the molecule is CCOc1ccc(-c2nc(Cn3cnc4c(C)cccc4c3=O)cs2)cc1OC. The molecule has 0 saturated carbocycles. The maximum Gasteiger partial charge on any atom is 0.261 e. The number of rotatable bonds is 6. The molecular formula is C22H21N3O3S. The van der Waals surface area contributed by atoms with Crippen LogP contribution in [0, 0.1) is 6.92 Å². The average molecular weight is 407 g/mol. The number of aryl methyl sites for hydroxylation is 1. The third-order valence-corrected chi connectivity index (χ3v) is 5.59. The largest absolute Gasteiger partial charge is 0.493 e. The van der Waals surface area contributed by atoms with Crippen molar-refractivity contribution < 1.29 is 9.47 Å². The second kappa shape index (κ2) is 8.05. The molecule has 4 aromatic rings. The number of fused-ring (bicyclic) bond motifs is 1. The van der Waals surface area contributed by atoms with Gasteiger partial charge in [-0.15, -0.1) is 11.3 Å². The Hall–Kier alpha value is -3.19. The molecule has 0 aliphatic heterocycles. The standard InChI is InChI=1S/C22H21N3O3S/c1-4-28-18-9-8-15(10-19(18)27-3)21-24-16(12-29-21)11-25-13-23-20-14(2)6-5-7-17(20)22(25)26/h5-10,12-13H,4,11H2,1-3H3. The second-order valence-electron chi connectivity index (χ2n) is 6.59. The summed E-state index contributed by atoms with van der Waals surface area (Å²) < 4.78 is 12.6. The van der Waals surface area contributed by atoms with Gasteiger partial charge in [-0.1, -0.05) is 12.1 Å². The van der Waals surface area contributed by atoms with Crippen LogP contribution in [0.5, 0.6) is 11.5 Å². The Bertz CT molecular complexity index is 1230. The number of nitrogens with zero attached hydrogens (tertiary/aromatic N) is 3.